The SMILES string of the molecule is CCNC(=O)Nc1nc(Cc2ccc(OC)c(-c3cccc(Cl)c3)c2F)cs1. The van der Waals surface area contributed by atoms with Crippen molar-refractivity contribution in [3.8, 4) is 16.9 Å². The minimum atomic E-state index is -0.382. The standard InChI is InChI=1S/C20H19ClFN3O2S/c1-3-23-19(26)25-20-24-15(11-28-20)10-13-7-8-16(27-2)17(18(13)22)12-5-4-6-14(21)9-12/h4-9,11H,3,10H2,1-2H3,(H2,23,24,25,26). The molecule has 3 aromatic rings. The first-order chi connectivity index (χ1) is 13.5. The number of carbonyl (C=O) groups excluding carboxylic acids is 1. The highest BCUT2D eigenvalue weighted by atomic mass is 35.5. The molecule has 0 atom stereocenters. The van der Waals surface area contributed by atoms with Gasteiger partial charge in [-0.15, -0.1) is 11.3 Å². The van der Waals surface area contributed by atoms with Crippen molar-refractivity contribution in [3.63, 3.8) is 0 Å². The zero-order valence-corrected chi connectivity index (χ0v) is 17.0. The lowest BCUT2D eigenvalue weighted by molar-refractivity contribution is 0.252. The normalized spacial score (nSPS) is 10.6. The fourth-order valence-electron chi connectivity index (χ4n) is 2.76. The first-order valence-electron chi connectivity index (χ1n) is 8.62. The number of aromatic nitrogens is 1. The third kappa shape index (κ3) is 4.61. The number of hydrogen-bond acceptors (Lipinski definition) is 4. The molecule has 5 nitrogen and oxygen atoms in total. The summed E-state index contributed by atoms with van der Waals surface area (Å²) in [5, 5.41) is 8.07. The van der Waals surface area contributed by atoms with E-state index in [1.807, 2.05) is 6.92 Å². The quantitative estimate of drug-likeness (QED) is 0.566. The van der Waals surface area contributed by atoms with Gasteiger partial charge in [0, 0.05) is 23.4 Å². The highest BCUT2D eigenvalue weighted by molar-refractivity contribution is 7.13. The summed E-state index contributed by atoms with van der Waals surface area (Å²) < 4.78 is 20.7. The molecule has 3 rings (SSSR count). The topological polar surface area (TPSA) is 63.2 Å². The van der Waals surface area contributed by atoms with Crippen LogP contribution in [0.4, 0.5) is 14.3 Å². The lowest BCUT2D eigenvalue weighted by atomic mass is 9.99. The van der Waals surface area contributed by atoms with E-state index in [0.717, 1.165) is 0 Å². The Hall–Kier alpha value is -2.64. The second-order valence-electron chi connectivity index (χ2n) is 5.93. The molecule has 0 saturated heterocycles. The monoisotopic (exact) mass is 419 g/mol. The van der Waals surface area contributed by atoms with Crippen LogP contribution in [0.5, 0.6) is 5.75 Å². The van der Waals surface area contributed by atoms with Crippen molar-refractivity contribution in [2.24, 2.45) is 0 Å². The van der Waals surface area contributed by atoms with E-state index >= 15 is 4.39 Å². The maximum absolute atomic E-state index is 15.3. The highest BCUT2D eigenvalue weighted by Crippen LogP contribution is 2.36. The number of benzene rings is 2. The molecule has 0 aliphatic heterocycles. The molecule has 2 amide bonds. The number of urea groups is 1. The van der Waals surface area contributed by atoms with Crippen molar-refractivity contribution in [2.45, 2.75) is 13.3 Å². The van der Waals surface area contributed by atoms with E-state index in [0.29, 0.717) is 44.8 Å². The molecule has 0 fully saturated rings. The summed E-state index contributed by atoms with van der Waals surface area (Å²) in [5.41, 5.74) is 2.14. The molecule has 1 aromatic heterocycles. The van der Waals surface area contributed by atoms with Gasteiger partial charge in [-0.05, 0) is 36.2 Å². The van der Waals surface area contributed by atoms with E-state index in [-0.39, 0.29) is 18.3 Å². The molecule has 0 aliphatic carbocycles. The summed E-state index contributed by atoms with van der Waals surface area (Å²) in [6.07, 6.45) is 0.289. The fourth-order valence-corrected chi connectivity index (χ4v) is 3.66. The van der Waals surface area contributed by atoms with E-state index in [4.69, 9.17) is 16.3 Å². The maximum atomic E-state index is 15.3. The molecule has 0 saturated carbocycles. The van der Waals surface area contributed by atoms with Crippen LogP contribution in [0, 0.1) is 5.82 Å². The number of methoxy groups -OCH3 is 1. The number of nitrogens with one attached hydrogen (secondary N) is 2. The van der Waals surface area contributed by atoms with E-state index < -0.39 is 0 Å². The average Bonchev–Trinajstić information content (AvgIpc) is 3.10. The van der Waals surface area contributed by atoms with Gasteiger partial charge in [0.05, 0.1) is 18.4 Å². The molecule has 1 heterocycles. The summed E-state index contributed by atoms with van der Waals surface area (Å²) in [7, 11) is 1.50. The molecule has 146 valence electrons. The molecule has 8 heteroatoms. The smallest absolute Gasteiger partial charge is 0.321 e. The van der Waals surface area contributed by atoms with Crippen LogP contribution in [0.1, 0.15) is 18.2 Å². The number of rotatable bonds is 6. The van der Waals surface area contributed by atoms with Gasteiger partial charge >= 0.3 is 6.03 Å². The maximum Gasteiger partial charge on any atom is 0.321 e. The van der Waals surface area contributed by atoms with Gasteiger partial charge in [-0.3, -0.25) is 5.32 Å². The predicted molar refractivity (Wildman–Crippen MR) is 111 cm³/mol. The molecular formula is C20H19ClFN3O2S. The Bertz CT molecular complexity index is 993. The molecule has 2 N–H and O–H groups in total. The first kappa shape index (κ1) is 20.1. The Labute approximate surface area is 171 Å². The zero-order chi connectivity index (χ0) is 20.1. The Morgan fingerprint density at radius 3 is 2.86 bits per heavy atom. The molecule has 0 radical (unpaired) electrons. The Kier molecular flexibility index (Phi) is 6.49. The van der Waals surface area contributed by atoms with Crippen molar-refractivity contribution >= 4 is 34.1 Å². The van der Waals surface area contributed by atoms with Gasteiger partial charge < -0.3 is 10.1 Å². The van der Waals surface area contributed by atoms with Crippen molar-refractivity contribution < 1.29 is 13.9 Å². The van der Waals surface area contributed by atoms with Crippen LogP contribution in [-0.4, -0.2) is 24.7 Å². The van der Waals surface area contributed by atoms with Gasteiger partial charge in [0.2, 0.25) is 0 Å². The number of carbonyl (C=O) groups is 1. The van der Waals surface area contributed by atoms with Crippen LogP contribution in [0.2, 0.25) is 5.02 Å². The van der Waals surface area contributed by atoms with Crippen molar-refractivity contribution in [3.05, 3.63) is 63.9 Å². The van der Waals surface area contributed by atoms with Gasteiger partial charge in [-0.2, -0.15) is 0 Å². The second-order valence-corrected chi connectivity index (χ2v) is 7.23. The third-order valence-corrected chi connectivity index (χ3v) is 5.04. The molecule has 0 unspecified atom stereocenters. The van der Waals surface area contributed by atoms with Crippen LogP contribution in [0.3, 0.4) is 0 Å². The lowest BCUT2D eigenvalue weighted by Gasteiger charge is -2.13. The summed E-state index contributed by atoms with van der Waals surface area (Å²) in [4.78, 5) is 15.9. The molecule has 2 aromatic carbocycles. The van der Waals surface area contributed by atoms with E-state index in [1.54, 1.807) is 41.8 Å². The Balaban J connectivity index is 1.89. The van der Waals surface area contributed by atoms with Gasteiger partial charge in [0.25, 0.3) is 0 Å². The fraction of sp³-hybridized carbons (Fsp3) is 0.200. The molecule has 0 bridgehead atoms. The van der Waals surface area contributed by atoms with Gasteiger partial charge in [-0.1, -0.05) is 29.8 Å². The van der Waals surface area contributed by atoms with Gasteiger partial charge in [0.15, 0.2) is 5.13 Å². The molecule has 0 spiro atoms. The van der Waals surface area contributed by atoms with Gasteiger partial charge in [0.1, 0.15) is 11.6 Å². The molecular weight excluding hydrogens is 401 g/mol. The summed E-state index contributed by atoms with van der Waals surface area (Å²) >= 11 is 7.36. The number of amides is 2. The van der Waals surface area contributed by atoms with E-state index in [9.17, 15) is 4.79 Å². The van der Waals surface area contributed by atoms with Crippen molar-refractivity contribution in [1.82, 2.24) is 10.3 Å². The Morgan fingerprint density at radius 1 is 1.32 bits per heavy atom. The van der Waals surface area contributed by atoms with Gasteiger partial charge in [-0.25, -0.2) is 14.2 Å². The first-order valence-corrected chi connectivity index (χ1v) is 9.88. The average molecular weight is 420 g/mol. The number of ether oxygens (including phenoxy) is 1. The second kappa shape index (κ2) is 9.03. The Morgan fingerprint density at radius 2 is 2.14 bits per heavy atom. The zero-order valence-electron chi connectivity index (χ0n) is 15.4. The molecule has 28 heavy (non-hydrogen) atoms. The minimum absolute atomic E-state index is 0.289. The van der Waals surface area contributed by atoms with Crippen LogP contribution in [-0.2, 0) is 6.42 Å². The largest absolute Gasteiger partial charge is 0.496 e. The van der Waals surface area contributed by atoms with Crippen LogP contribution in [0.25, 0.3) is 11.1 Å². The lowest BCUT2D eigenvalue weighted by Crippen LogP contribution is -2.28. The third-order valence-electron chi connectivity index (χ3n) is 4.00. The number of thiazole rings is 1. The number of anilines is 1. The predicted octanol–water partition coefficient (Wildman–Crippen LogP) is 5.34. The van der Waals surface area contributed by atoms with Crippen molar-refractivity contribution in [2.75, 3.05) is 19.0 Å². The van der Waals surface area contributed by atoms with Crippen molar-refractivity contribution in [1.29, 1.82) is 0 Å². The molecule has 0 aliphatic rings. The number of halogens is 2. The minimum Gasteiger partial charge on any atom is -0.496 e. The van der Waals surface area contributed by atoms with Crippen LogP contribution >= 0.6 is 22.9 Å². The van der Waals surface area contributed by atoms with Crippen LogP contribution < -0.4 is 15.4 Å². The van der Waals surface area contributed by atoms with E-state index in [2.05, 4.69) is 15.6 Å². The highest BCUT2D eigenvalue weighted by Gasteiger charge is 2.17. The number of nitrogens with zero attached hydrogens (tertiary/aromatic N) is 1. The summed E-state index contributed by atoms with van der Waals surface area (Å²) in [6.45, 7) is 2.35. The van der Waals surface area contributed by atoms with Crippen LogP contribution in [0.15, 0.2) is 41.8 Å². The summed E-state index contributed by atoms with van der Waals surface area (Å²) in [6, 6.07) is 10.1. The summed E-state index contributed by atoms with van der Waals surface area (Å²) in [5.74, 6) is 0.0493. The van der Waals surface area contributed by atoms with E-state index in [1.165, 1.54) is 18.4 Å². The number of hydrogen-bond donors (Lipinski definition) is 2.